The van der Waals surface area contributed by atoms with Gasteiger partial charge in [-0.05, 0) is 30.7 Å². The molecule has 1 unspecified atom stereocenters. The number of pyridine rings is 1. The normalized spacial score (nSPS) is 18.4. The topological polar surface area (TPSA) is 46.0 Å². The summed E-state index contributed by atoms with van der Waals surface area (Å²) in [5.41, 5.74) is 4.73. The van der Waals surface area contributed by atoms with Crippen LogP contribution < -0.4 is 5.32 Å². The van der Waals surface area contributed by atoms with Gasteiger partial charge in [0.1, 0.15) is 0 Å². The second kappa shape index (κ2) is 7.17. The molecule has 0 aliphatic carbocycles. The van der Waals surface area contributed by atoms with Crippen molar-refractivity contribution in [3.05, 3.63) is 77.9 Å². The van der Waals surface area contributed by atoms with Gasteiger partial charge in [0.25, 0.3) is 0 Å². The highest BCUT2D eigenvalue weighted by Gasteiger charge is 2.25. The van der Waals surface area contributed by atoms with Gasteiger partial charge < -0.3 is 5.32 Å². The summed E-state index contributed by atoms with van der Waals surface area (Å²) < 4.78 is 1.98. The van der Waals surface area contributed by atoms with Gasteiger partial charge in [-0.15, -0.1) is 0 Å². The van der Waals surface area contributed by atoms with Gasteiger partial charge >= 0.3 is 0 Å². The molecule has 3 aromatic rings. The molecule has 0 amide bonds. The minimum Gasteiger partial charge on any atom is -0.314 e. The standard InChI is InChI=1S/C20H23N5/c1-16-18(15-25(23-16)19-7-3-2-4-8-19)14-24-11-10-22-13-20(24)17-6-5-9-21-12-17/h2-9,12,15,20,22H,10-11,13-14H2,1H3. The number of para-hydroxylation sites is 1. The van der Waals surface area contributed by atoms with E-state index in [0.717, 1.165) is 37.6 Å². The lowest BCUT2D eigenvalue weighted by Crippen LogP contribution is -2.45. The number of hydrogen-bond acceptors (Lipinski definition) is 4. The Kier molecular flexibility index (Phi) is 4.59. The minimum absolute atomic E-state index is 0.349. The van der Waals surface area contributed by atoms with Crippen LogP contribution in [0.25, 0.3) is 5.69 Å². The van der Waals surface area contributed by atoms with Gasteiger partial charge in [-0.1, -0.05) is 24.3 Å². The molecule has 1 aromatic carbocycles. The molecule has 5 heteroatoms. The van der Waals surface area contributed by atoms with Crippen molar-refractivity contribution in [1.29, 1.82) is 0 Å². The fourth-order valence-corrected chi connectivity index (χ4v) is 3.42. The predicted molar refractivity (Wildman–Crippen MR) is 98.6 cm³/mol. The summed E-state index contributed by atoms with van der Waals surface area (Å²) in [7, 11) is 0. The van der Waals surface area contributed by atoms with E-state index in [1.807, 2.05) is 41.3 Å². The molecular formula is C20H23N5. The van der Waals surface area contributed by atoms with E-state index in [4.69, 9.17) is 5.10 Å². The second-order valence-corrected chi connectivity index (χ2v) is 6.50. The first-order valence-electron chi connectivity index (χ1n) is 8.76. The quantitative estimate of drug-likeness (QED) is 0.797. The molecule has 0 saturated carbocycles. The zero-order valence-electron chi connectivity index (χ0n) is 14.5. The number of benzene rings is 1. The van der Waals surface area contributed by atoms with E-state index >= 15 is 0 Å². The molecule has 5 nitrogen and oxygen atoms in total. The van der Waals surface area contributed by atoms with Gasteiger partial charge in [0.05, 0.1) is 11.4 Å². The zero-order chi connectivity index (χ0) is 17.1. The van der Waals surface area contributed by atoms with Gasteiger partial charge in [0.2, 0.25) is 0 Å². The highest BCUT2D eigenvalue weighted by molar-refractivity contribution is 5.32. The summed E-state index contributed by atoms with van der Waals surface area (Å²) in [5.74, 6) is 0. The van der Waals surface area contributed by atoms with Crippen molar-refractivity contribution in [3.8, 4) is 5.69 Å². The highest BCUT2D eigenvalue weighted by atomic mass is 15.3. The first-order chi connectivity index (χ1) is 12.3. The third-order valence-corrected chi connectivity index (χ3v) is 4.82. The molecule has 3 heterocycles. The first kappa shape index (κ1) is 16.0. The van der Waals surface area contributed by atoms with E-state index in [-0.39, 0.29) is 0 Å². The van der Waals surface area contributed by atoms with Crippen LogP contribution >= 0.6 is 0 Å². The van der Waals surface area contributed by atoms with Crippen molar-refractivity contribution in [2.75, 3.05) is 19.6 Å². The average Bonchev–Trinajstić information content (AvgIpc) is 3.04. The molecule has 2 aromatic heterocycles. The van der Waals surface area contributed by atoms with E-state index < -0.39 is 0 Å². The molecule has 1 fully saturated rings. The second-order valence-electron chi connectivity index (χ2n) is 6.50. The van der Waals surface area contributed by atoms with Crippen LogP contribution in [0.4, 0.5) is 0 Å². The van der Waals surface area contributed by atoms with Crippen LogP contribution in [0.1, 0.15) is 22.9 Å². The third-order valence-electron chi connectivity index (χ3n) is 4.82. The average molecular weight is 333 g/mol. The maximum atomic E-state index is 4.71. The van der Waals surface area contributed by atoms with Gasteiger partial charge in [0.15, 0.2) is 0 Å². The maximum Gasteiger partial charge on any atom is 0.0645 e. The Hall–Kier alpha value is -2.50. The molecule has 0 spiro atoms. The van der Waals surface area contributed by atoms with Crippen molar-refractivity contribution < 1.29 is 0 Å². The third kappa shape index (κ3) is 3.48. The SMILES string of the molecule is Cc1nn(-c2ccccc2)cc1CN1CCNCC1c1cccnc1. The smallest absolute Gasteiger partial charge is 0.0645 e. The molecule has 25 heavy (non-hydrogen) atoms. The zero-order valence-corrected chi connectivity index (χ0v) is 14.5. The number of aromatic nitrogens is 3. The van der Waals surface area contributed by atoms with Crippen LogP contribution in [0, 0.1) is 6.92 Å². The van der Waals surface area contributed by atoms with Gasteiger partial charge in [-0.2, -0.15) is 5.10 Å². The van der Waals surface area contributed by atoms with E-state index in [0.29, 0.717) is 6.04 Å². The number of aryl methyl sites for hydroxylation is 1. The van der Waals surface area contributed by atoms with Crippen LogP contribution in [0.5, 0.6) is 0 Å². The van der Waals surface area contributed by atoms with Gasteiger partial charge in [0, 0.05) is 56.4 Å². The van der Waals surface area contributed by atoms with Crippen molar-refractivity contribution in [2.45, 2.75) is 19.5 Å². The molecule has 1 saturated heterocycles. The lowest BCUT2D eigenvalue weighted by atomic mass is 10.0. The van der Waals surface area contributed by atoms with Crippen LogP contribution in [-0.2, 0) is 6.54 Å². The van der Waals surface area contributed by atoms with Gasteiger partial charge in [-0.3, -0.25) is 9.88 Å². The summed E-state index contributed by atoms with van der Waals surface area (Å²) in [6.07, 6.45) is 5.97. The lowest BCUT2D eigenvalue weighted by molar-refractivity contribution is 0.153. The van der Waals surface area contributed by atoms with Gasteiger partial charge in [-0.25, -0.2) is 4.68 Å². The summed E-state index contributed by atoms with van der Waals surface area (Å²) >= 11 is 0. The van der Waals surface area contributed by atoms with Crippen LogP contribution in [0.2, 0.25) is 0 Å². The number of piperazine rings is 1. The van der Waals surface area contributed by atoms with Crippen molar-refractivity contribution in [1.82, 2.24) is 25.0 Å². The number of rotatable bonds is 4. The Morgan fingerprint density at radius 2 is 2.04 bits per heavy atom. The van der Waals surface area contributed by atoms with E-state index in [1.165, 1.54) is 11.1 Å². The summed E-state index contributed by atoms with van der Waals surface area (Å²) in [4.78, 5) is 6.81. The highest BCUT2D eigenvalue weighted by Crippen LogP contribution is 2.24. The molecule has 0 radical (unpaired) electrons. The predicted octanol–water partition coefficient (Wildman–Crippen LogP) is 2.72. The Balaban J connectivity index is 1.57. The monoisotopic (exact) mass is 333 g/mol. The van der Waals surface area contributed by atoms with Crippen LogP contribution in [0.15, 0.2) is 61.1 Å². The Morgan fingerprint density at radius 3 is 2.84 bits per heavy atom. The summed E-state index contributed by atoms with van der Waals surface area (Å²) in [6.45, 7) is 5.99. The van der Waals surface area contributed by atoms with E-state index in [1.54, 1.807) is 0 Å². The number of hydrogen-bond donors (Lipinski definition) is 1. The lowest BCUT2D eigenvalue weighted by Gasteiger charge is -2.36. The molecule has 4 rings (SSSR count). The Bertz CT molecular complexity index is 813. The number of nitrogens with zero attached hydrogens (tertiary/aromatic N) is 4. The molecule has 1 atom stereocenters. The Morgan fingerprint density at radius 1 is 1.16 bits per heavy atom. The summed E-state index contributed by atoms with van der Waals surface area (Å²) in [6, 6.07) is 14.8. The molecule has 128 valence electrons. The molecule has 1 N–H and O–H groups in total. The van der Waals surface area contributed by atoms with E-state index in [2.05, 4.69) is 46.5 Å². The molecule has 1 aliphatic rings. The molecular weight excluding hydrogens is 310 g/mol. The van der Waals surface area contributed by atoms with Crippen LogP contribution in [0.3, 0.4) is 0 Å². The fourth-order valence-electron chi connectivity index (χ4n) is 3.42. The Labute approximate surface area is 148 Å². The van der Waals surface area contributed by atoms with Crippen molar-refractivity contribution in [3.63, 3.8) is 0 Å². The van der Waals surface area contributed by atoms with E-state index in [9.17, 15) is 0 Å². The number of nitrogens with one attached hydrogen (secondary N) is 1. The van der Waals surface area contributed by atoms with Crippen molar-refractivity contribution in [2.24, 2.45) is 0 Å². The minimum atomic E-state index is 0.349. The fraction of sp³-hybridized carbons (Fsp3) is 0.300. The molecule has 0 bridgehead atoms. The summed E-state index contributed by atoms with van der Waals surface area (Å²) in [5, 5.41) is 8.21. The van der Waals surface area contributed by atoms with Crippen molar-refractivity contribution >= 4 is 0 Å². The maximum absolute atomic E-state index is 4.71. The molecule has 1 aliphatic heterocycles. The van der Waals surface area contributed by atoms with Crippen LogP contribution in [-0.4, -0.2) is 39.3 Å². The first-order valence-corrected chi connectivity index (χ1v) is 8.76. The largest absolute Gasteiger partial charge is 0.314 e.